The number of carbonyl (C=O) groups excluding carboxylic acids is 1. The van der Waals surface area contributed by atoms with Crippen LogP contribution >= 0.6 is 27.3 Å². The van der Waals surface area contributed by atoms with E-state index in [9.17, 15) is 4.79 Å². The maximum Gasteiger partial charge on any atom is 0.350 e. The van der Waals surface area contributed by atoms with E-state index < -0.39 is 0 Å². The Bertz CT molecular complexity index is 846. The van der Waals surface area contributed by atoms with Crippen molar-refractivity contribution in [3.05, 3.63) is 65.0 Å². The standard InChI is InChI=1S/C19H16BrNO2S/c1-2-23-19(22)17-16(14-8-4-3-5-9-14)21-18(24-17)15-10-6-7-13(11-15)12-20/h3-11H,2,12H2,1H3. The summed E-state index contributed by atoms with van der Waals surface area (Å²) in [5, 5.41) is 1.60. The number of aromatic nitrogens is 1. The molecule has 3 nitrogen and oxygen atoms in total. The van der Waals surface area contributed by atoms with Gasteiger partial charge in [-0.25, -0.2) is 9.78 Å². The Morgan fingerprint density at radius 1 is 1.12 bits per heavy atom. The molecule has 0 fully saturated rings. The third-order valence-electron chi connectivity index (χ3n) is 3.46. The van der Waals surface area contributed by atoms with Gasteiger partial charge in [0.05, 0.1) is 12.3 Å². The molecule has 0 N–H and O–H groups in total. The van der Waals surface area contributed by atoms with Gasteiger partial charge in [0.15, 0.2) is 0 Å². The van der Waals surface area contributed by atoms with Gasteiger partial charge in [-0.15, -0.1) is 11.3 Å². The van der Waals surface area contributed by atoms with E-state index >= 15 is 0 Å². The number of halogens is 1. The van der Waals surface area contributed by atoms with E-state index in [4.69, 9.17) is 9.72 Å². The molecule has 1 heterocycles. The zero-order valence-corrected chi connectivity index (χ0v) is 15.6. The van der Waals surface area contributed by atoms with E-state index in [2.05, 4.69) is 28.1 Å². The van der Waals surface area contributed by atoms with Crippen molar-refractivity contribution in [3.63, 3.8) is 0 Å². The molecule has 0 aliphatic rings. The Hall–Kier alpha value is -1.98. The number of benzene rings is 2. The van der Waals surface area contributed by atoms with Gasteiger partial charge in [0.2, 0.25) is 0 Å². The summed E-state index contributed by atoms with van der Waals surface area (Å²) < 4.78 is 5.21. The number of nitrogens with zero attached hydrogens (tertiary/aromatic N) is 1. The van der Waals surface area contributed by atoms with Gasteiger partial charge >= 0.3 is 5.97 Å². The van der Waals surface area contributed by atoms with E-state index in [-0.39, 0.29) is 5.97 Å². The lowest BCUT2D eigenvalue weighted by atomic mass is 10.1. The molecule has 3 aromatic rings. The number of thiazole rings is 1. The van der Waals surface area contributed by atoms with Gasteiger partial charge in [-0.2, -0.15) is 0 Å². The Balaban J connectivity index is 2.10. The SMILES string of the molecule is CCOC(=O)c1sc(-c2cccc(CBr)c2)nc1-c1ccccc1. The maximum atomic E-state index is 12.3. The first kappa shape index (κ1) is 16.9. The van der Waals surface area contributed by atoms with Crippen molar-refractivity contribution in [1.82, 2.24) is 4.98 Å². The molecule has 0 spiro atoms. The molecule has 0 unspecified atom stereocenters. The van der Waals surface area contributed by atoms with Crippen molar-refractivity contribution in [3.8, 4) is 21.8 Å². The lowest BCUT2D eigenvalue weighted by Gasteiger charge is -2.01. The molecule has 0 amide bonds. The molecule has 1 aromatic heterocycles. The highest BCUT2D eigenvalue weighted by molar-refractivity contribution is 9.08. The maximum absolute atomic E-state index is 12.3. The lowest BCUT2D eigenvalue weighted by molar-refractivity contribution is 0.0532. The zero-order chi connectivity index (χ0) is 16.9. The minimum atomic E-state index is -0.322. The third kappa shape index (κ3) is 3.57. The lowest BCUT2D eigenvalue weighted by Crippen LogP contribution is -2.03. The fourth-order valence-corrected chi connectivity index (χ4v) is 3.68. The van der Waals surface area contributed by atoms with E-state index in [0.717, 1.165) is 21.5 Å². The van der Waals surface area contributed by atoms with Gasteiger partial charge in [0, 0.05) is 16.5 Å². The largest absolute Gasteiger partial charge is 0.462 e. The second kappa shape index (κ2) is 7.73. The van der Waals surface area contributed by atoms with Crippen molar-refractivity contribution in [2.75, 3.05) is 6.61 Å². The predicted molar refractivity (Wildman–Crippen MR) is 102 cm³/mol. The molecule has 2 aromatic carbocycles. The van der Waals surface area contributed by atoms with Crippen LogP contribution < -0.4 is 0 Å². The molecule has 0 saturated carbocycles. The van der Waals surface area contributed by atoms with Gasteiger partial charge in [-0.1, -0.05) is 64.5 Å². The average Bonchev–Trinajstić information content (AvgIpc) is 3.08. The van der Waals surface area contributed by atoms with Crippen LogP contribution in [0, 0.1) is 0 Å². The van der Waals surface area contributed by atoms with Gasteiger partial charge in [0.25, 0.3) is 0 Å². The first-order chi connectivity index (χ1) is 11.7. The highest BCUT2D eigenvalue weighted by Crippen LogP contribution is 2.34. The number of ether oxygens (including phenoxy) is 1. The number of hydrogen-bond donors (Lipinski definition) is 0. The van der Waals surface area contributed by atoms with E-state index in [1.165, 1.54) is 16.9 Å². The smallest absolute Gasteiger partial charge is 0.350 e. The summed E-state index contributed by atoms with van der Waals surface area (Å²) in [5.74, 6) is -0.322. The quantitative estimate of drug-likeness (QED) is 0.415. The van der Waals surface area contributed by atoms with Gasteiger partial charge in [-0.3, -0.25) is 0 Å². The summed E-state index contributed by atoms with van der Waals surface area (Å²) in [7, 11) is 0. The molecule has 5 heteroatoms. The van der Waals surface area contributed by atoms with E-state index in [0.29, 0.717) is 17.2 Å². The Kier molecular flexibility index (Phi) is 5.43. The Labute approximate surface area is 153 Å². The van der Waals surface area contributed by atoms with Gasteiger partial charge < -0.3 is 4.74 Å². The van der Waals surface area contributed by atoms with Crippen LogP contribution in [-0.2, 0) is 10.1 Å². The number of carbonyl (C=O) groups is 1. The third-order valence-corrected chi connectivity index (χ3v) is 5.20. The normalized spacial score (nSPS) is 10.6. The number of alkyl halides is 1. The summed E-state index contributed by atoms with van der Waals surface area (Å²) in [6, 6.07) is 17.9. The fraction of sp³-hybridized carbons (Fsp3) is 0.158. The average molecular weight is 402 g/mol. The van der Waals surface area contributed by atoms with Crippen molar-refractivity contribution >= 4 is 33.2 Å². The Morgan fingerprint density at radius 2 is 1.88 bits per heavy atom. The van der Waals surface area contributed by atoms with Crippen LogP contribution in [-0.4, -0.2) is 17.6 Å². The minimum Gasteiger partial charge on any atom is -0.462 e. The first-order valence-electron chi connectivity index (χ1n) is 7.61. The molecule has 0 saturated heterocycles. The highest BCUT2D eigenvalue weighted by atomic mass is 79.9. The number of rotatable bonds is 5. The van der Waals surface area contributed by atoms with E-state index in [1.807, 2.05) is 49.4 Å². The molecule has 0 radical (unpaired) electrons. The zero-order valence-electron chi connectivity index (χ0n) is 13.2. The fourth-order valence-electron chi connectivity index (χ4n) is 2.36. The van der Waals surface area contributed by atoms with Crippen molar-refractivity contribution in [2.45, 2.75) is 12.3 Å². The van der Waals surface area contributed by atoms with Crippen LogP contribution in [0.15, 0.2) is 54.6 Å². The predicted octanol–water partition coefficient (Wildman–Crippen LogP) is 5.55. The summed E-state index contributed by atoms with van der Waals surface area (Å²) >= 11 is 4.85. The summed E-state index contributed by atoms with van der Waals surface area (Å²) in [4.78, 5) is 17.6. The minimum absolute atomic E-state index is 0.322. The molecule has 0 aliphatic heterocycles. The highest BCUT2D eigenvalue weighted by Gasteiger charge is 2.21. The molecular formula is C19H16BrNO2S. The molecular weight excluding hydrogens is 386 g/mol. The van der Waals surface area contributed by atoms with Crippen molar-refractivity contribution in [2.24, 2.45) is 0 Å². The summed E-state index contributed by atoms with van der Waals surface area (Å²) in [6.45, 7) is 2.15. The number of esters is 1. The van der Waals surface area contributed by atoms with Gasteiger partial charge in [0.1, 0.15) is 9.88 Å². The van der Waals surface area contributed by atoms with Crippen LogP contribution in [0.2, 0.25) is 0 Å². The topological polar surface area (TPSA) is 39.2 Å². The van der Waals surface area contributed by atoms with Crippen LogP contribution in [0.1, 0.15) is 22.2 Å². The van der Waals surface area contributed by atoms with E-state index in [1.54, 1.807) is 0 Å². The Morgan fingerprint density at radius 3 is 2.58 bits per heavy atom. The first-order valence-corrected chi connectivity index (χ1v) is 9.55. The van der Waals surface area contributed by atoms with Crippen molar-refractivity contribution < 1.29 is 9.53 Å². The number of hydrogen-bond acceptors (Lipinski definition) is 4. The summed E-state index contributed by atoms with van der Waals surface area (Å²) in [5.41, 5.74) is 3.77. The van der Waals surface area contributed by atoms with Gasteiger partial charge in [-0.05, 0) is 18.6 Å². The second-order valence-corrected chi connectivity index (χ2v) is 6.68. The molecule has 24 heavy (non-hydrogen) atoms. The summed E-state index contributed by atoms with van der Waals surface area (Å²) in [6.07, 6.45) is 0. The monoisotopic (exact) mass is 401 g/mol. The van der Waals surface area contributed by atoms with Crippen LogP contribution in [0.3, 0.4) is 0 Å². The second-order valence-electron chi connectivity index (χ2n) is 5.12. The van der Waals surface area contributed by atoms with Crippen LogP contribution in [0.4, 0.5) is 0 Å². The molecule has 0 bridgehead atoms. The van der Waals surface area contributed by atoms with Crippen LogP contribution in [0.5, 0.6) is 0 Å². The van der Waals surface area contributed by atoms with Crippen LogP contribution in [0.25, 0.3) is 21.8 Å². The molecule has 122 valence electrons. The van der Waals surface area contributed by atoms with Crippen molar-refractivity contribution in [1.29, 1.82) is 0 Å². The molecule has 3 rings (SSSR count). The molecule has 0 atom stereocenters. The molecule has 0 aliphatic carbocycles.